The van der Waals surface area contributed by atoms with E-state index in [4.69, 9.17) is 0 Å². The topological polar surface area (TPSA) is 117 Å². The van der Waals surface area contributed by atoms with Crippen LogP contribution in [0.15, 0.2) is 21.4 Å². The number of carbonyl (C=O) groups is 2. The van der Waals surface area contributed by atoms with E-state index in [0.29, 0.717) is 16.0 Å². The number of carbonyl (C=O) groups excluding carboxylic acids is 2. The lowest BCUT2D eigenvalue weighted by Crippen LogP contribution is -2.28. The van der Waals surface area contributed by atoms with Crippen molar-refractivity contribution in [3.8, 4) is 0 Å². The van der Waals surface area contributed by atoms with Crippen molar-refractivity contribution in [2.75, 3.05) is 11.1 Å². The molecule has 0 unspecified atom stereocenters. The van der Waals surface area contributed by atoms with Crippen molar-refractivity contribution in [2.24, 2.45) is 0 Å². The molecule has 1 aliphatic carbocycles. The summed E-state index contributed by atoms with van der Waals surface area (Å²) in [6.45, 7) is 1.85. The zero-order valence-corrected chi connectivity index (χ0v) is 15.1. The zero-order valence-electron chi connectivity index (χ0n) is 13.5. The van der Waals surface area contributed by atoms with Gasteiger partial charge in [0.1, 0.15) is 0 Å². The van der Waals surface area contributed by atoms with Crippen LogP contribution in [0, 0.1) is 6.92 Å². The summed E-state index contributed by atoms with van der Waals surface area (Å²) in [5.74, 6) is -0.299. The second-order valence-corrected chi connectivity index (χ2v) is 7.51. The minimum Gasteiger partial charge on any atom is -0.353 e. The first-order valence-corrected chi connectivity index (χ1v) is 9.59. The SMILES string of the molecule is Cc1csc(NC(=O)CSc2nc(CC(=O)NC3CC3)cc(=O)[nH]2)n1. The third-order valence-corrected chi connectivity index (χ3v) is 5.01. The van der Waals surface area contributed by atoms with E-state index < -0.39 is 0 Å². The number of aryl methyl sites for hydroxylation is 1. The molecule has 2 aromatic rings. The van der Waals surface area contributed by atoms with Gasteiger partial charge in [-0.2, -0.15) is 0 Å². The Kier molecular flexibility index (Phi) is 5.49. The maximum absolute atomic E-state index is 11.9. The van der Waals surface area contributed by atoms with Crippen molar-refractivity contribution in [1.82, 2.24) is 20.3 Å². The second kappa shape index (κ2) is 7.79. The molecular formula is C15H17N5O3S2. The highest BCUT2D eigenvalue weighted by Gasteiger charge is 2.23. The zero-order chi connectivity index (χ0) is 17.8. The van der Waals surface area contributed by atoms with Crippen LogP contribution >= 0.6 is 23.1 Å². The first-order valence-electron chi connectivity index (χ1n) is 7.72. The highest BCUT2D eigenvalue weighted by atomic mass is 32.2. The third kappa shape index (κ3) is 5.68. The number of amides is 2. The fraction of sp³-hybridized carbons (Fsp3) is 0.400. The smallest absolute Gasteiger partial charge is 0.251 e. The number of aromatic nitrogens is 3. The Morgan fingerprint density at radius 2 is 2.16 bits per heavy atom. The number of thiazole rings is 1. The summed E-state index contributed by atoms with van der Waals surface area (Å²) in [5.41, 5.74) is 0.888. The highest BCUT2D eigenvalue weighted by molar-refractivity contribution is 7.99. The number of aromatic amines is 1. The van der Waals surface area contributed by atoms with Gasteiger partial charge < -0.3 is 15.6 Å². The fourth-order valence-corrected chi connectivity index (χ4v) is 3.41. The number of anilines is 1. The van der Waals surface area contributed by atoms with Crippen LogP contribution in [0.5, 0.6) is 0 Å². The third-order valence-electron chi connectivity index (χ3n) is 3.26. The molecule has 25 heavy (non-hydrogen) atoms. The summed E-state index contributed by atoms with van der Waals surface area (Å²) in [5, 5.41) is 8.23. The summed E-state index contributed by atoms with van der Waals surface area (Å²) in [6.07, 6.45) is 2.06. The van der Waals surface area contributed by atoms with Crippen molar-refractivity contribution >= 4 is 40.0 Å². The van der Waals surface area contributed by atoms with E-state index in [-0.39, 0.29) is 35.6 Å². The Morgan fingerprint density at radius 1 is 1.36 bits per heavy atom. The molecule has 1 aliphatic rings. The van der Waals surface area contributed by atoms with Crippen molar-refractivity contribution in [1.29, 1.82) is 0 Å². The van der Waals surface area contributed by atoms with E-state index in [2.05, 4.69) is 25.6 Å². The van der Waals surface area contributed by atoms with Gasteiger partial charge in [0.15, 0.2) is 10.3 Å². The first-order chi connectivity index (χ1) is 12.0. The summed E-state index contributed by atoms with van der Waals surface area (Å²) in [6, 6.07) is 1.57. The van der Waals surface area contributed by atoms with Gasteiger partial charge in [-0.05, 0) is 19.8 Å². The Labute approximate surface area is 151 Å². The lowest BCUT2D eigenvalue weighted by molar-refractivity contribution is -0.120. The summed E-state index contributed by atoms with van der Waals surface area (Å²) in [7, 11) is 0. The van der Waals surface area contributed by atoms with Crippen LogP contribution in [0.1, 0.15) is 24.2 Å². The molecule has 0 saturated heterocycles. The minimum atomic E-state index is -0.345. The highest BCUT2D eigenvalue weighted by Crippen LogP contribution is 2.19. The van der Waals surface area contributed by atoms with Gasteiger partial charge in [-0.1, -0.05) is 11.8 Å². The number of thioether (sulfide) groups is 1. The number of hydrogen-bond acceptors (Lipinski definition) is 7. The van der Waals surface area contributed by atoms with Crippen LogP contribution in [-0.2, 0) is 16.0 Å². The van der Waals surface area contributed by atoms with Crippen molar-refractivity contribution in [3.05, 3.63) is 33.2 Å². The number of H-pyrrole nitrogens is 1. The largest absolute Gasteiger partial charge is 0.353 e. The van der Waals surface area contributed by atoms with Gasteiger partial charge in [-0.15, -0.1) is 11.3 Å². The van der Waals surface area contributed by atoms with Crippen LogP contribution < -0.4 is 16.2 Å². The number of nitrogens with zero attached hydrogens (tertiary/aromatic N) is 2. The molecule has 10 heteroatoms. The lowest BCUT2D eigenvalue weighted by atomic mass is 10.3. The molecule has 3 rings (SSSR count). The van der Waals surface area contributed by atoms with E-state index in [9.17, 15) is 14.4 Å². The number of rotatable bonds is 7. The predicted molar refractivity (Wildman–Crippen MR) is 95.9 cm³/mol. The molecule has 3 N–H and O–H groups in total. The molecule has 0 aromatic carbocycles. The van der Waals surface area contributed by atoms with Gasteiger partial charge in [0.25, 0.3) is 5.56 Å². The van der Waals surface area contributed by atoms with Gasteiger partial charge in [-0.25, -0.2) is 9.97 Å². The lowest BCUT2D eigenvalue weighted by Gasteiger charge is -2.05. The molecule has 2 heterocycles. The van der Waals surface area contributed by atoms with Crippen LogP contribution in [-0.4, -0.2) is 38.6 Å². The molecule has 0 aliphatic heterocycles. The maximum atomic E-state index is 11.9. The molecule has 1 fully saturated rings. The van der Waals surface area contributed by atoms with Crippen LogP contribution in [0.25, 0.3) is 0 Å². The Balaban J connectivity index is 1.55. The van der Waals surface area contributed by atoms with E-state index in [1.54, 1.807) is 0 Å². The molecule has 0 bridgehead atoms. The average Bonchev–Trinajstić information content (AvgIpc) is 3.25. The average molecular weight is 379 g/mol. The maximum Gasteiger partial charge on any atom is 0.251 e. The molecular weight excluding hydrogens is 362 g/mol. The number of nitrogens with one attached hydrogen (secondary N) is 3. The van der Waals surface area contributed by atoms with Crippen LogP contribution in [0.3, 0.4) is 0 Å². The van der Waals surface area contributed by atoms with E-state index in [1.165, 1.54) is 17.4 Å². The Bertz CT molecular complexity index is 844. The molecule has 0 spiro atoms. The Morgan fingerprint density at radius 3 is 2.84 bits per heavy atom. The normalized spacial score (nSPS) is 13.5. The molecule has 1 saturated carbocycles. The molecule has 8 nitrogen and oxygen atoms in total. The molecule has 132 valence electrons. The summed E-state index contributed by atoms with van der Waals surface area (Å²) >= 11 is 2.45. The van der Waals surface area contributed by atoms with Gasteiger partial charge in [0.2, 0.25) is 11.8 Å². The minimum absolute atomic E-state index is 0.0541. The Hall–Kier alpha value is -2.20. The molecule has 2 aromatic heterocycles. The quantitative estimate of drug-likeness (QED) is 0.490. The van der Waals surface area contributed by atoms with Crippen molar-refractivity contribution in [3.63, 3.8) is 0 Å². The van der Waals surface area contributed by atoms with Crippen molar-refractivity contribution < 1.29 is 9.59 Å². The van der Waals surface area contributed by atoms with Gasteiger partial charge in [0.05, 0.1) is 23.6 Å². The van der Waals surface area contributed by atoms with Gasteiger partial charge >= 0.3 is 0 Å². The second-order valence-electron chi connectivity index (χ2n) is 5.69. The van der Waals surface area contributed by atoms with E-state index in [0.717, 1.165) is 30.3 Å². The van der Waals surface area contributed by atoms with Gasteiger partial charge in [-0.3, -0.25) is 14.4 Å². The number of hydrogen-bond donors (Lipinski definition) is 3. The summed E-state index contributed by atoms with van der Waals surface area (Å²) in [4.78, 5) is 46.4. The van der Waals surface area contributed by atoms with E-state index in [1.807, 2.05) is 12.3 Å². The molecule has 0 radical (unpaired) electrons. The van der Waals surface area contributed by atoms with E-state index >= 15 is 0 Å². The van der Waals surface area contributed by atoms with Gasteiger partial charge in [0, 0.05) is 17.5 Å². The van der Waals surface area contributed by atoms with Crippen LogP contribution in [0.2, 0.25) is 0 Å². The monoisotopic (exact) mass is 379 g/mol. The first kappa shape index (κ1) is 17.6. The standard InChI is InChI=1S/C15H17N5O3S2/c1-8-6-24-14(16-8)20-13(23)7-25-15-18-10(5-12(22)19-15)4-11(21)17-9-2-3-9/h5-6,9H,2-4,7H2,1H3,(H,17,21)(H,16,20,23)(H,18,19,22). The molecule has 2 amide bonds. The predicted octanol–water partition coefficient (Wildman–Crippen LogP) is 1.09. The molecule has 0 atom stereocenters. The van der Waals surface area contributed by atoms with Crippen molar-refractivity contribution in [2.45, 2.75) is 37.4 Å². The fourth-order valence-electron chi connectivity index (χ4n) is 2.01. The summed E-state index contributed by atoms with van der Waals surface area (Å²) < 4.78 is 0. The van der Waals surface area contributed by atoms with Crippen LogP contribution in [0.4, 0.5) is 5.13 Å².